The van der Waals surface area contributed by atoms with Crippen molar-refractivity contribution in [1.29, 1.82) is 0 Å². The van der Waals surface area contributed by atoms with Crippen molar-refractivity contribution < 1.29 is 9.53 Å². The molecule has 2 saturated heterocycles. The van der Waals surface area contributed by atoms with Crippen LogP contribution in [0.25, 0.3) is 0 Å². The van der Waals surface area contributed by atoms with Gasteiger partial charge in [-0.25, -0.2) is 0 Å². The molecule has 0 saturated carbocycles. The fraction of sp³-hybridized carbons (Fsp3) is 0.923. The van der Waals surface area contributed by atoms with Gasteiger partial charge in [-0.3, -0.25) is 9.69 Å². The summed E-state index contributed by atoms with van der Waals surface area (Å²) in [4.78, 5) is 18.7. The number of rotatable bonds is 3. The molecule has 2 rings (SSSR count). The Morgan fingerprint density at radius 3 is 2.28 bits per heavy atom. The summed E-state index contributed by atoms with van der Waals surface area (Å²) in [7, 11) is 3.89. The van der Waals surface area contributed by atoms with E-state index in [1.165, 1.54) is 0 Å². The SMILES string of the molecule is COC1CCN(C(=O)CN2CCN(C)CC2)CC1. The third-order valence-corrected chi connectivity index (χ3v) is 4.08. The summed E-state index contributed by atoms with van der Waals surface area (Å²) in [5.41, 5.74) is 0. The van der Waals surface area contributed by atoms with Crippen LogP contribution in [0.3, 0.4) is 0 Å². The number of nitrogens with zero attached hydrogens (tertiary/aromatic N) is 3. The van der Waals surface area contributed by atoms with Gasteiger partial charge in [-0.15, -0.1) is 0 Å². The van der Waals surface area contributed by atoms with Crippen molar-refractivity contribution in [2.75, 3.05) is 60.0 Å². The molecular formula is C13H25N3O2. The van der Waals surface area contributed by atoms with Crippen molar-refractivity contribution in [1.82, 2.24) is 14.7 Å². The lowest BCUT2D eigenvalue weighted by Crippen LogP contribution is -2.50. The Labute approximate surface area is 110 Å². The van der Waals surface area contributed by atoms with E-state index in [9.17, 15) is 4.79 Å². The Morgan fingerprint density at radius 2 is 1.72 bits per heavy atom. The summed E-state index contributed by atoms with van der Waals surface area (Å²) < 4.78 is 5.33. The zero-order valence-corrected chi connectivity index (χ0v) is 11.6. The Bertz CT molecular complexity index is 269. The number of likely N-dealkylation sites (N-methyl/N-ethyl adjacent to an activating group) is 1. The Kier molecular flexibility index (Phi) is 4.97. The highest BCUT2D eigenvalue weighted by Gasteiger charge is 2.24. The number of hydrogen-bond acceptors (Lipinski definition) is 4. The third-order valence-electron chi connectivity index (χ3n) is 4.08. The number of amides is 1. The molecule has 0 aromatic rings. The maximum absolute atomic E-state index is 12.2. The van der Waals surface area contributed by atoms with Gasteiger partial charge in [-0.1, -0.05) is 0 Å². The summed E-state index contributed by atoms with van der Waals surface area (Å²) in [6, 6.07) is 0. The van der Waals surface area contributed by atoms with E-state index in [1.807, 2.05) is 4.90 Å². The summed E-state index contributed by atoms with van der Waals surface area (Å²) in [6.07, 6.45) is 2.30. The van der Waals surface area contributed by atoms with Gasteiger partial charge in [0.15, 0.2) is 0 Å². The van der Waals surface area contributed by atoms with Crippen LogP contribution in [0.15, 0.2) is 0 Å². The van der Waals surface area contributed by atoms with E-state index in [0.29, 0.717) is 12.6 Å². The van der Waals surface area contributed by atoms with E-state index in [1.54, 1.807) is 7.11 Å². The monoisotopic (exact) mass is 255 g/mol. The zero-order chi connectivity index (χ0) is 13.0. The molecule has 0 spiro atoms. The molecule has 0 bridgehead atoms. The quantitative estimate of drug-likeness (QED) is 0.704. The largest absolute Gasteiger partial charge is 0.381 e. The first kappa shape index (κ1) is 13.8. The number of carbonyl (C=O) groups is 1. The van der Waals surface area contributed by atoms with Gasteiger partial charge in [0.05, 0.1) is 12.6 Å². The lowest BCUT2D eigenvalue weighted by Gasteiger charge is -2.35. The van der Waals surface area contributed by atoms with Gasteiger partial charge in [-0.05, 0) is 19.9 Å². The molecule has 0 atom stereocenters. The Balaban J connectivity index is 1.72. The van der Waals surface area contributed by atoms with E-state index in [0.717, 1.165) is 52.1 Å². The molecule has 5 nitrogen and oxygen atoms in total. The zero-order valence-electron chi connectivity index (χ0n) is 11.6. The number of ether oxygens (including phenoxy) is 1. The van der Waals surface area contributed by atoms with E-state index < -0.39 is 0 Å². The van der Waals surface area contributed by atoms with Crippen LogP contribution >= 0.6 is 0 Å². The molecule has 104 valence electrons. The topological polar surface area (TPSA) is 36.0 Å². The number of carbonyl (C=O) groups excluding carboxylic acids is 1. The van der Waals surface area contributed by atoms with Crippen LogP contribution in [-0.4, -0.2) is 86.7 Å². The molecule has 2 aliphatic heterocycles. The lowest BCUT2D eigenvalue weighted by atomic mass is 10.1. The highest BCUT2D eigenvalue weighted by Crippen LogP contribution is 2.13. The van der Waals surface area contributed by atoms with E-state index in [-0.39, 0.29) is 5.91 Å². The van der Waals surface area contributed by atoms with Crippen LogP contribution in [0.4, 0.5) is 0 Å². The second-order valence-electron chi connectivity index (χ2n) is 5.40. The van der Waals surface area contributed by atoms with Gasteiger partial charge in [-0.2, -0.15) is 0 Å². The predicted molar refractivity (Wildman–Crippen MR) is 70.5 cm³/mol. The smallest absolute Gasteiger partial charge is 0.236 e. The molecule has 18 heavy (non-hydrogen) atoms. The van der Waals surface area contributed by atoms with Crippen molar-refractivity contribution in [2.24, 2.45) is 0 Å². The minimum absolute atomic E-state index is 0.286. The van der Waals surface area contributed by atoms with Gasteiger partial charge in [0, 0.05) is 46.4 Å². The molecule has 5 heteroatoms. The summed E-state index contributed by atoms with van der Waals surface area (Å²) in [5.74, 6) is 0.286. The fourth-order valence-corrected chi connectivity index (χ4v) is 2.64. The summed E-state index contributed by atoms with van der Waals surface area (Å²) >= 11 is 0. The van der Waals surface area contributed by atoms with Crippen molar-refractivity contribution in [3.05, 3.63) is 0 Å². The summed E-state index contributed by atoms with van der Waals surface area (Å²) in [5, 5.41) is 0. The van der Waals surface area contributed by atoms with Crippen molar-refractivity contribution in [3.63, 3.8) is 0 Å². The molecule has 0 unspecified atom stereocenters. The van der Waals surface area contributed by atoms with Crippen molar-refractivity contribution >= 4 is 5.91 Å². The van der Waals surface area contributed by atoms with Gasteiger partial charge < -0.3 is 14.5 Å². The molecule has 0 aromatic heterocycles. The molecule has 2 aliphatic rings. The highest BCUT2D eigenvalue weighted by atomic mass is 16.5. The van der Waals surface area contributed by atoms with Crippen LogP contribution < -0.4 is 0 Å². The van der Waals surface area contributed by atoms with Crippen LogP contribution in [-0.2, 0) is 9.53 Å². The minimum atomic E-state index is 0.286. The first-order valence-electron chi connectivity index (χ1n) is 6.90. The number of methoxy groups -OCH3 is 1. The minimum Gasteiger partial charge on any atom is -0.381 e. The van der Waals surface area contributed by atoms with Gasteiger partial charge in [0.2, 0.25) is 5.91 Å². The van der Waals surface area contributed by atoms with Crippen molar-refractivity contribution in [2.45, 2.75) is 18.9 Å². The van der Waals surface area contributed by atoms with Crippen molar-refractivity contribution in [3.8, 4) is 0 Å². The first-order chi connectivity index (χ1) is 8.69. The number of piperidine rings is 1. The van der Waals surface area contributed by atoms with Crippen LogP contribution in [0.5, 0.6) is 0 Å². The Hall–Kier alpha value is -0.650. The molecular weight excluding hydrogens is 230 g/mol. The van der Waals surface area contributed by atoms with E-state index >= 15 is 0 Å². The molecule has 2 fully saturated rings. The lowest BCUT2D eigenvalue weighted by molar-refractivity contribution is -0.135. The maximum atomic E-state index is 12.2. The highest BCUT2D eigenvalue weighted by molar-refractivity contribution is 5.78. The molecule has 1 amide bonds. The maximum Gasteiger partial charge on any atom is 0.236 e. The molecule has 0 aliphatic carbocycles. The third kappa shape index (κ3) is 3.67. The normalized spacial score (nSPS) is 24.4. The van der Waals surface area contributed by atoms with Gasteiger partial charge in [0.1, 0.15) is 0 Å². The van der Waals surface area contributed by atoms with Crippen LogP contribution in [0, 0.1) is 0 Å². The number of piperazine rings is 1. The fourth-order valence-electron chi connectivity index (χ4n) is 2.64. The standard InChI is InChI=1S/C13H25N3O2/c1-14-7-9-15(10-8-14)11-13(17)16-5-3-12(18-2)4-6-16/h12H,3-11H2,1-2H3. The van der Waals surface area contributed by atoms with E-state index in [4.69, 9.17) is 4.74 Å². The average molecular weight is 255 g/mol. The first-order valence-corrected chi connectivity index (χ1v) is 6.90. The van der Waals surface area contributed by atoms with Gasteiger partial charge >= 0.3 is 0 Å². The molecule has 0 radical (unpaired) electrons. The number of hydrogen-bond donors (Lipinski definition) is 0. The summed E-state index contributed by atoms with van der Waals surface area (Å²) in [6.45, 7) is 6.45. The second kappa shape index (κ2) is 6.50. The average Bonchev–Trinajstić information content (AvgIpc) is 2.41. The second-order valence-corrected chi connectivity index (χ2v) is 5.40. The molecule has 2 heterocycles. The van der Waals surface area contributed by atoms with Crippen LogP contribution in [0.2, 0.25) is 0 Å². The van der Waals surface area contributed by atoms with Gasteiger partial charge in [0.25, 0.3) is 0 Å². The number of likely N-dealkylation sites (tertiary alicyclic amines) is 1. The molecule has 0 N–H and O–H groups in total. The van der Waals surface area contributed by atoms with E-state index in [2.05, 4.69) is 16.8 Å². The predicted octanol–water partition coefficient (Wildman–Crippen LogP) is -0.129. The Morgan fingerprint density at radius 1 is 1.11 bits per heavy atom. The molecule has 0 aromatic carbocycles. The van der Waals surface area contributed by atoms with Crippen LogP contribution in [0.1, 0.15) is 12.8 Å².